The number of carbonyl (C=O) groups is 1. The van der Waals surface area contributed by atoms with Gasteiger partial charge in [0.15, 0.2) is 6.10 Å². The number of rotatable bonds is 4. The van der Waals surface area contributed by atoms with Crippen molar-refractivity contribution in [3.63, 3.8) is 0 Å². The van der Waals surface area contributed by atoms with Crippen LogP contribution in [-0.4, -0.2) is 31.9 Å². The van der Waals surface area contributed by atoms with Crippen LogP contribution in [-0.2, 0) is 22.4 Å². The van der Waals surface area contributed by atoms with Crippen LogP contribution in [0, 0.1) is 20.8 Å². The Morgan fingerprint density at radius 3 is 2.43 bits per heavy atom. The van der Waals surface area contributed by atoms with Crippen molar-refractivity contribution in [1.29, 1.82) is 0 Å². The number of nitrogens with zero attached hydrogens (tertiary/aromatic N) is 2. The van der Waals surface area contributed by atoms with Crippen molar-refractivity contribution in [3.8, 4) is 11.1 Å². The molecule has 0 fully saturated rings. The second-order valence-corrected chi connectivity index (χ2v) is 10.2. The van der Waals surface area contributed by atoms with Gasteiger partial charge in [-0.15, -0.1) is 11.3 Å². The first-order valence-corrected chi connectivity index (χ1v) is 11.3. The molecule has 0 radical (unpaired) electrons. The highest BCUT2D eigenvalue weighted by Crippen LogP contribution is 2.46. The Hall–Kier alpha value is -2.25. The molecule has 0 spiro atoms. The average molecular weight is 428 g/mol. The van der Waals surface area contributed by atoms with E-state index < -0.39 is 17.7 Å². The van der Waals surface area contributed by atoms with Crippen molar-refractivity contribution in [1.82, 2.24) is 15.2 Å². The molecule has 0 saturated heterocycles. The lowest BCUT2D eigenvalue weighted by molar-refractivity contribution is -0.160. The summed E-state index contributed by atoms with van der Waals surface area (Å²) in [7, 11) is 0. The largest absolute Gasteiger partial charge is 0.479 e. The number of aromatic amines is 1. The fraction of sp³-hybridized carbons (Fsp3) is 0.522. The number of thiophene rings is 1. The zero-order valence-electron chi connectivity index (χ0n) is 18.5. The van der Waals surface area contributed by atoms with E-state index in [1.165, 1.54) is 16.9 Å². The van der Waals surface area contributed by atoms with Crippen LogP contribution in [0.2, 0.25) is 0 Å². The van der Waals surface area contributed by atoms with Gasteiger partial charge in [-0.1, -0.05) is 0 Å². The van der Waals surface area contributed by atoms with Gasteiger partial charge in [-0.05, 0) is 72.8 Å². The number of hydrogen-bond donors (Lipinski definition) is 2. The summed E-state index contributed by atoms with van der Waals surface area (Å²) in [6, 6.07) is 0. The summed E-state index contributed by atoms with van der Waals surface area (Å²) in [6.07, 6.45) is 3.29. The molecule has 0 aromatic carbocycles. The predicted octanol–water partition coefficient (Wildman–Crippen LogP) is 5.43. The van der Waals surface area contributed by atoms with Gasteiger partial charge < -0.3 is 9.84 Å². The lowest BCUT2D eigenvalue weighted by Crippen LogP contribution is -2.28. The Labute approximate surface area is 180 Å². The minimum atomic E-state index is -1.11. The molecule has 2 N–H and O–H groups in total. The maximum absolute atomic E-state index is 12.4. The zero-order chi connectivity index (χ0) is 21.8. The monoisotopic (exact) mass is 427 g/mol. The zero-order valence-corrected chi connectivity index (χ0v) is 19.3. The van der Waals surface area contributed by atoms with E-state index in [1.807, 2.05) is 41.5 Å². The summed E-state index contributed by atoms with van der Waals surface area (Å²) in [5, 5.41) is 18.7. The van der Waals surface area contributed by atoms with Crippen LogP contribution < -0.4 is 0 Å². The van der Waals surface area contributed by atoms with Crippen LogP contribution in [0.25, 0.3) is 21.3 Å². The summed E-state index contributed by atoms with van der Waals surface area (Å²) in [5.41, 5.74) is 5.73. The SMILES string of the molecule is Cc1n[nH]c(C)c1-c1c([C@H](OC(C)(C)C)C(=O)O)c(C)nc2sc3c(c12)CCCC3. The molecule has 7 heteroatoms. The molecule has 0 bridgehead atoms. The van der Waals surface area contributed by atoms with Crippen LogP contribution in [0.5, 0.6) is 0 Å². The lowest BCUT2D eigenvalue weighted by atomic mass is 9.87. The topological polar surface area (TPSA) is 88.1 Å². The first-order chi connectivity index (χ1) is 14.1. The standard InChI is InChI=1S/C23H29N3O3S/c1-11-17(20(22(27)28)29-23(4,5)6)19(16-12(2)25-26-13(16)3)18-14-9-7-8-10-15(14)30-21(18)24-11/h20H,7-10H2,1-6H3,(H,25,26)(H,27,28)/t20-/m0/s1. The molecule has 1 atom stereocenters. The minimum absolute atomic E-state index is 0.615. The third kappa shape index (κ3) is 3.54. The number of aryl methyl sites for hydroxylation is 5. The molecule has 3 aromatic rings. The van der Waals surface area contributed by atoms with Crippen molar-refractivity contribution in [2.24, 2.45) is 0 Å². The second-order valence-electron chi connectivity index (χ2n) is 9.13. The highest BCUT2D eigenvalue weighted by atomic mass is 32.1. The molecule has 3 aromatic heterocycles. The molecular weight excluding hydrogens is 398 g/mol. The Bertz CT molecular complexity index is 1120. The van der Waals surface area contributed by atoms with Gasteiger partial charge in [-0.2, -0.15) is 5.10 Å². The van der Waals surface area contributed by atoms with E-state index in [9.17, 15) is 9.90 Å². The molecule has 4 rings (SSSR count). The quantitative estimate of drug-likeness (QED) is 0.579. The van der Waals surface area contributed by atoms with Gasteiger partial charge in [0.1, 0.15) is 4.83 Å². The van der Waals surface area contributed by atoms with Crippen LogP contribution in [0.3, 0.4) is 0 Å². The Morgan fingerprint density at radius 2 is 1.83 bits per heavy atom. The molecule has 3 heterocycles. The van der Waals surface area contributed by atoms with Crippen LogP contribution in [0.1, 0.15) is 72.8 Å². The summed E-state index contributed by atoms with van der Waals surface area (Å²) in [6.45, 7) is 11.5. The van der Waals surface area contributed by atoms with Crippen molar-refractivity contribution < 1.29 is 14.6 Å². The number of nitrogens with one attached hydrogen (secondary N) is 1. The van der Waals surface area contributed by atoms with E-state index in [0.717, 1.165) is 52.0 Å². The number of aromatic nitrogens is 3. The first-order valence-electron chi connectivity index (χ1n) is 10.5. The molecule has 30 heavy (non-hydrogen) atoms. The number of carboxylic acid groups (broad SMARTS) is 1. The molecule has 0 amide bonds. The molecule has 0 unspecified atom stereocenters. The number of hydrogen-bond acceptors (Lipinski definition) is 5. The molecular formula is C23H29N3O3S. The molecule has 0 aliphatic heterocycles. The smallest absolute Gasteiger partial charge is 0.337 e. The fourth-order valence-electron chi connectivity index (χ4n) is 4.50. The number of pyridine rings is 1. The highest BCUT2D eigenvalue weighted by molar-refractivity contribution is 7.19. The van der Waals surface area contributed by atoms with E-state index >= 15 is 0 Å². The van der Waals surface area contributed by atoms with Crippen LogP contribution >= 0.6 is 11.3 Å². The Kier molecular flexibility index (Phi) is 5.22. The van der Waals surface area contributed by atoms with Crippen LogP contribution in [0.4, 0.5) is 0 Å². The number of ether oxygens (including phenoxy) is 1. The number of aliphatic carboxylic acids is 1. The van der Waals surface area contributed by atoms with Gasteiger partial charge in [0.2, 0.25) is 0 Å². The van der Waals surface area contributed by atoms with Gasteiger partial charge >= 0.3 is 5.97 Å². The summed E-state index contributed by atoms with van der Waals surface area (Å²) in [5.74, 6) is -1.00. The van der Waals surface area contributed by atoms with E-state index in [2.05, 4.69) is 10.2 Å². The fourth-order valence-corrected chi connectivity index (χ4v) is 5.82. The third-order valence-corrected chi connectivity index (χ3v) is 6.85. The van der Waals surface area contributed by atoms with Gasteiger partial charge in [0, 0.05) is 38.3 Å². The second kappa shape index (κ2) is 7.46. The lowest BCUT2D eigenvalue weighted by Gasteiger charge is -2.28. The van der Waals surface area contributed by atoms with Gasteiger partial charge in [-0.3, -0.25) is 5.10 Å². The average Bonchev–Trinajstić information content (AvgIpc) is 3.17. The Morgan fingerprint density at radius 1 is 1.13 bits per heavy atom. The maximum Gasteiger partial charge on any atom is 0.337 e. The predicted molar refractivity (Wildman–Crippen MR) is 119 cm³/mol. The van der Waals surface area contributed by atoms with E-state index in [1.54, 1.807) is 11.3 Å². The van der Waals surface area contributed by atoms with Crippen molar-refractivity contribution in [3.05, 3.63) is 33.1 Å². The molecule has 6 nitrogen and oxygen atoms in total. The van der Waals surface area contributed by atoms with E-state index in [0.29, 0.717) is 11.3 Å². The van der Waals surface area contributed by atoms with Gasteiger partial charge in [0.25, 0.3) is 0 Å². The first kappa shape index (κ1) is 21.0. The Balaban J connectivity index is 2.13. The van der Waals surface area contributed by atoms with E-state index in [-0.39, 0.29) is 0 Å². The number of fused-ring (bicyclic) bond motifs is 3. The molecule has 0 saturated carbocycles. The molecule has 1 aliphatic carbocycles. The van der Waals surface area contributed by atoms with Crippen molar-refractivity contribution >= 4 is 27.5 Å². The third-order valence-electron chi connectivity index (χ3n) is 5.67. The minimum Gasteiger partial charge on any atom is -0.479 e. The number of H-pyrrole nitrogens is 1. The van der Waals surface area contributed by atoms with Crippen molar-refractivity contribution in [2.45, 2.75) is 78.9 Å². The van der Waals surface area contributed by atoms with Crippen LogP contribution in [0.15, 0.2) is 0 Å². The highest BCUT2D eigenvalue weighted by Gasteiger charge is 2.35. The molecule has 160 valence electrons. The molecule has 1 aliphatic rings. The van der Waals surface area contributed by atoms with E-state index in [4.69, 9.17) is 9.72 Å². The summed E-state index contributed by atoms with van der Waals surface area (Å²) < 4.78 is 6.09. The normalized spacial score (nSPS) is 15.4. The summed E-state index contributed by atoms with van der Waals surface area (Å²) >= 11 is 1.75. The van der Waals surface area contributed by atoms with Gasteiger partial charge in [0.05, 0.1) is 11.3 Å². The van der Waals surface area contributed by atoms with Gasteiger partial charge in [-0.25, -0.2) is 9.78 Å². The summed E-state index contributed by atoms with van der Waals surface area (Å²) in [4.78, 5) is 19.7. The maximum atomic E-state index is 12.4. The van der Waals surface area contributed by atoms with Crippen molar-refractivity contribution in [2.75, 3.05) is 0 Å². The number of carboxylic acids is 1.